The van der Waals surface area contributed by atoms with Crippen molar-refractivity contribution in [3.05, 3.63) is 16.9 Å². The predicted octanol–water partition coefficient (Wildman–Crippen LogP) is 2.15. The second kappa shape index (κ2) is 5.20. The van der Waals surface area contributed by atoms with Crippen molar-refractivity contribution in [1.82, 2.24) is 4.90 Å². The van der Waals surface area contributed by atoms with Gasteiger partial charge >= 0.3 is 0 Å². The van der Waals surface area contributed by atoms with E-state index in [4.69, 9.17) is 23.1 Å². The number of halogens is 2. The Labute approximate surface area is 111 Å². The van der Waals surface area contributed by atoms with Crippen LogP contribution in [0, 0.1) is 5.82 Å². The highest BCUT2D eigenvalue weighted by atomic mass is 35.5. The Bertz CT molecular complexity index is 452. The first-order valence-electron chi connectivity index (χ1n) is 5.97. The summed E-state index contributed by atoms with van der Waals surface area (Å²) < 4.78 is 14.0. The van der Waals surface area contributed by atoms with Gasteiger partial charge in [-0.25, -0.2) is 4.39 Å². The summed E-state index contributed by atoms with van der Waals surface area (Å²) in [4.78, 5) is 2.20. The molecule has 1 aromatic rings. The van der Waals surface area contributed by atoms with Gasteiger partial charge in [0, 0.05) is 12.6 Å². The highest BCUT2D eigenvalue weighted by Gasteiger charge is 2.21. The van der Waals surface area contributed by atoms with Crippen LogP contribution in [0.4, 0.5) is 21.5 Å². The Morgan fingerprint density at radius 2 is 2.17 bits per heavy atom. The average molecular weight is 273 g/mol. The Morgan fingerprint density at radius 1 is 1.44 bits per heavy atom. The third-order valence-electron chi connectivity index (χ3n) is 3.24. The smallest absolute Gasteiger partial charge is 0.169 e. The van der Waals surface area contributed by atoms with Crippen LogP contribution >= 0.6 is 11.6 Å². The van der Waals surface area contributed by atoms with Crippen LogP contribution in [-0.4, -0.2) is 31.1 Å². The van der Waals surface area contributed by atoms with Gasteiger partial charge in [-0.1, -0.05) is 11.6 Å². The van der Waals surface area contributed by atoms with Gasteiger partial charge in [-0.2, -0.15) is 0 Å². The van der Waals surface area contributed by atoms with Crippen LogP contribution in [0.2, 0.25) is 5.02 Å². The maximum atomic E-state index is 14.0. The molecule has 0 bridgehead atoms. The number of hydrogen-bond acceptors (Lipinski definition) is 4. The van der Waals surface area contributed by atoms with Gasteiger partial charge in [0.05, 0.1) is 17.1 Å². The lowest BCUT2D eigenvalue weighted by atomic mass is 10.1. The van der Waals surface area contributed by atoms with Crippen LogP contribution in [0.5, 0.6) is 0 Å². The molecule has 0 amide bonds. The van der Waals surface area contributed by atoms with Gasteiger partial charge in [-0.15, -0.1) is 0 Å². The van der Waals surface area contributed by atoms with E-state index in [1.54, 1.807) is 0 Å². The fourth-order valence-corrected chi connectivity index (χ4v) is 2.45. The number of likely N-dealkylation sites (N-methyl/N-ethyl adjacent to an activating group) is 1. The number of benzene rings is 1. The van der Waals surface area contributed by atoms with E-state index in [0.717, 1.165) is 25.9 Å². The van der Waals surface area contributed by atoms with Crippen LogP contribution in [0.1, 0.15) is 12.8 Å². The zero-order valence-corrected chi connectivity index (χ0v) is 11.1. The third-order valence-corrected chi connectivity index (χ3v) is 3.62. The zero-order valence-electron chi connectivity index (χ0n) is 10.3. The number of nitrogens with zero attached hydrogens (tertiary/aromatic N) is 1. The molecule has 0 saturated carbocycles. The molecular weight excluding hydrogens is 255 g/mol. The Morgan fingerprint density at radius 3 is 2.83 bits per heavy atom. The number of nitrogens with one attached hydrogen (secondary N) is 1. The Balaban J connectivity index is 2.21. The van der Waals surface area contributed by atoms with E-state index in [2.05, 4.69) is 10.2 Å². The van der Waals surface area contributed by atoms with Crippen molar-refractivity contribution < 1.29 is 4.39 Å². The first kappa shape index (κ1) is 13.2. The quantitative estimate of drug-likeness (QED) is 0.722. The maximum Gasteiger partial charge on any atom is 0.169 e. The van der Waals surface area contributed by atoms with Gasteiger partial charge in [-0.05, 0) is 32.5 Å². The number of nitrogens with two attached hydrogens (primary N) is 2. The molecule has 5 N–H and O–H groups in total. The Kier molecular flexibility index (Phi) is 3.82. The van der Waals surface area contributed by atoms with Crippen molar-refractivity contribution in [2.75, 3.05) is 36.9 Å². The molecule has 6 heteroatoms. The minimum atomic E-state index is -0.567. The molecule has 1 unspecified atom stereocenters. The second-order valence-electron chi connectivity index (χ2n) is 4.80. The number of piperidine rings is 1. The lowest BCUT2D eigenvalue weighted by Gasteiger charge is -2.31. The molecule has 1 atom stereocenters. The zero-order chi connectivity index (χ0) is 13.3. The summed E-state index contributed by atoms with van der Waals surface area (Å²) >= 11 is 5.80. The predicted molar refractivity (Wildman–Crippen MR) is 74.4 cm³/mol. The first-order valence-corrected chi connectivity index (χ1v) is 6.35. The second-order valence-corrected chi connectivity index (χ2v) is 5.18. The topological polar surface area (TPSA) is 67.3 Å². The summed E-state index contributed by atoms with van der Waals surface area (Å²) in [6, 6.07) is 1.67. The van der Waals surface area contributed by atoms with Crippen molar-refractivity contribution in [1.29, 1.82) is 0 Å². The lowest BCUT2D eigenvalue weighted by Crippen LogP contribution is -2.40. The van der Waals surface area contributed by atoms with Crippen molar-refractivity contribution >= 4 is 28.7 Å². The monoisotopic (exact) mass is 272 g/mol. The van der Waals surface area contributed by atoms with Crippen molar-refractivity contribution in [2.24, 2.45) is 0 Å². The van der Waals surface area contributed by atoms with E-state index in [-0.39, 0.29) is 22.4 Å². The van der Waals surface area contributed by atoms with Gasteiger partial charge < -0.3 is 21.7 Å². The molecular formula is C12H18ClFN4. The number of anilines is 3. The van der Waals surface area contributed by atoms with Crippen LogP contribution in [0.25, 0.3) is 0 Å². The van der Waals surface area contributed by atoms with Crippen molar-refractivity contribution in [2.45, 2.75) is 18.9 Å². The minimum absolute atomic E-state index is 0.0733. The fraction of sp³-hybridized carbons (Fsp3) is 0.500. The summed E-state index contributed by atoms with van der Waals surface area (Å²) in [6.45, 7) is 1.93. The van der Waals surface area contributed by atoms with E-state index in [1.165, 1.54) is 6.07 Å². The average Bonchev–Trinajstić information content (AvgIpc) is 2.32. The fourth-order valence-electron chi connectivity index (χ4n) is 2.30. The van der Waals surface area contributed by atoms with Crippen molar-refractivity contribution in [3.8, 4) is 0 Å². The van der Waals surface area contributed by atoms with Crippen LogP contribution in [0.15, 0.2) is 6.07 Å². The number of hydrogen-bond donors (Lipinski definition) is 3. The molecule has 4 nitrogen and oxygen atoms in total. The van der Waals surface area contributed by atoms with Crippen LogP contribution < -0.4 is 16.8 Å². The largest absolute Gasteiger partial charge is 0.397 e. The van der Waals surface area contributed by atoms with E-state index in [9.17, 15) is 4.39 Å². The summed E-state index contributed by atoms with van der Waals surface area (Å²) in [5.41, 5.74) is 12.1. The molecule has 0 aromatic heterocycles. The number of nitrogen functional groups attached to an aromatic ring is 2. The summed E-state index contributed by atoms with van der Waals surface area (Å²) in [7, 11) is 2.05. The lowest BCUT2D eigenvalue weighted by molar-refractivity contribution is 0.260. The molecule has 1 fully saturated rings. The van der Waals surface area contributed by atoms with Gasteiger partial charge in [0.2, 0.25) is 0 Å². The third kappa shape index (κ3) is 2.62. The van der Waals surface area contributed by atoms with E-state index >= 15 is 0 Å². The first-order chi connectivity index (χ1) is 8.49. The van der Waals surface area contributed by atoms with E-state index in [0.29, 0.717) is 5.69 Å². The molecule has 1 aromatic carbocycles. The highest BCUT2D eigenvalue weighted by molar-refractivity contribution is 6.33. The van der Waals surface area contributed by atoms with Crippen LogP contribution in [-0.2, 0) is 0 Å². The molecule has 1 saturated heterocycles. The maximum absolute atomic E-state index is 14.0. The number of likely N-dealkylation sites (tertiary alicyclic amines) is 1. The van der Waals surface area contributed by atoms with E-state index in [1.807, 2.05) is 7.05 Å². The molecule has 100 valence electrons. The van der Waals surface area contributed by atoms with E-state index < -0.39 is 5.82 Å². The summed E-state index contributed by atoms with van der Waals surface area (Å²) in [5, 5.41) is 3.06. The molecule has 1 aliphatic rings. The standard InChI is InChI=1S/C12H18ClFN4/c1-18-4-2-3-7(6-18)17-12-9(16)5-8(15)10(13)11(12)14/h5,7,17H,2-4,6,15-16H2,1H3. The summed E-state index contributed by atoms with van der Waals surface area (Å²) in [6.07, 6.45) is 2.07. The van der Waals surface area contributed by atoms with Gasteiger partial charge in [-0.3, -0.25) is 0 Å². The SMILES string of the molecule is CN1CCCC(Nc2c(N)cc(N)c(Cl)c2F)C1. The van der Waals surface area contributed by atoms with Gasteiger partial charge in [0.15, 0.2) is 5.82 Å². The van der Waals surface area contributed by atoms with Gasteiger partial charge in [0.25, 0.3) is 0 Å². The molecule has 0 spiro atoms. The van der Waals surface area contributed by atoms with Crippen molar-refractivity contribution in [3.63, 3.8) is 0 Å². The summed E-state index contributed by atoms with van der Waals surface area (Å²) in [5.74, 6) is -0.567. The molecule has 18 heavy (non-hydrogen) atoms. The minimum Gasteiger partial charge on any atom is -0.397 e. The molecule has 2 rings (SSSR count). The van der Waals surface area contributed by atoms with Crippen LogP contribution in [0.3, 0.4) is 0 Å². The molecule has 0 aliphatic carbocycles. The van der Waals surface area contributed by atoms with Gasteiger partial charge in [0.1, 0.15) is 5.02 Å². The Hall–Kier alpha value is -1.20. The molecule has 1 aliphatic heterocycles. The molecule has 0 radical (unpaired) electrons. The molecule has 1 heterocycles. The highest BCUT2D eigenvalue weighted by Crippen LogP contribution is 2.34. The number of rotatable bonds is 2. The normalized spacial score (nSPS) is 20.9.